The number of benzene rings is 1. The van der Waals surface area contributed by atoms with E-state index in [0.717, 1.165) is 5.69 Å². The average molecular weight is 461 g/mol. The van der Waals surface area contributed by atoms with Gasteiger partial charge in [-0.25, -0.2) is 12.8 Å². The monoisotopic (exact) mass is 460 g/mol. The summed E-state index contributed by atoms with van der Waals surface area (Å²) in [5.74, 6) is -0.370. The molecule has 2 aliphatic heterocycles. The lowest BCUT2D eigenvalue weighted by Gasteiger charge is -2.37. The van der Waals surface area contributed by atoms with Crippen molar-refractivity contribution in [3.63, 3.8) is 0 Å². The highest BCUT2D eigenvalue weighted by Gasteiger charge is 2.41. The van der Waals surface area contributed by atoms with Crippen LogP contribution in [0.25, 0.3) is 0 Å². The van der Waals surface area contributed by atoms with Gasteiger partial charge in [-0.15, -0.1) is 0 Å². The third kappa shape index (κ3) is 4.49. The fourth-order valence-electron chi connectivity index (χ4n) is 4.52. The van der Waals surface area contributed by atoms with E-state index in [-0.39, 0.29) is 18.5 Å². The second-order valence-corrected chi connectivity index (χ2v) is 10.6. The molecule has 9 heteroatoms. The molecule has 0 radical (unpaired) electrons. The van der Waals surface area contributed by atoms with Crippen LogP contribution < -0.4 is 4.90 Å². The van der Waals surface area contributed by atoms with Gasteiger partial charge < -0.3 is 9.80 Å². The zero-order chi connectivity index (χ0) is 22.9. The van der Waals surface area contributed by atoms with Crippen molar-refractivity contribution in [1.82, 2.24) is 14.2 Å². The number of piperazine rings is 1. The summed E-state index contributed by atoms with van der Waals surface area (Å²) in [7, 11) is -3.67. The van der Waals surface area contributed by atoms with Gasteiger partial charge in [-0.1, -0.05) is 12.1 Å². The first-order valence-corrected chi connectivity index (χ1v) is 12.5. The molecule has 172 valence electrons. The minimum absolute atomic E-state index is 0.00292. The van der Waals surface area contributed by atoms with E-state index in [9.17, 15) is 13.2 Å². The van der Waals surface area contributed by atoms with Gasteiger partial charge in [-0.05, 0) is 44.0 Å². The molecule has 2 fully saturated rings. The summed E-state index contributed by atoms with van der Waals surface area (Å²) in [6.07, 6.45) is 2.80. The summed E-state index contributed by atoms with van der Waals surface area (Å²) < 4.78 is 43.2. The first-order chi connectivity index (χ1) is 15.3. The number of amides is 1. The smallest absolute Gasteiger partial charge is 0.223 e. The van der Waals surface area contributed by atoms with Gasteiger partial charge in [0.1, 0.15) is 11.1 Å². The topological polar surface area (TPSA) is 73.8 Å². The Kier molecular flexibility index (Phi) is 6.48. The molecule has 0 bridgehead atoms. The molecule has 2 atom stereocenters. The molecule has 1 amide bonds. The molecule has 2 aromatic rings. The Morgan fingerprint density at radius 2 is 1.88 bits per heavy atom. The van der Waals surface area contributed by atoms with Crippen molar-refractivity contribution in [3.8, 4) is 0 Å². The summed E-state index contributed by atoms with van der Waals surface area (Å²) in [5, 5.41) is -0.709. The Labute approximate surface area is 188 Å². The highest BCUT2D eigenvalue weighted by atomic mass is 32.2. The number of aromatic nitrogens is 1. The molecule has 7 nitrogen and oxygen atoms in total. The molecule has 0 unspecified atom stereocenters. The van der Waals surface area contributed by atoms with Gasteiger partial charge in [0, 0.05) is 63.1 Å². The maximum Gasteiger partial charge on any atom is 0.223 e. The molecule has 0 saturated carbocycles. The van der Waals surface area contributed by atoms with Crippen LogP contribution >= 0.6 is 0 Å². The lowest BCUT2D eigenvalue weighted by atomic mass is 10.1. The maximum absolute atomic E-state index is 15.0. The molecule has 1 aromatic carbocycles. The molecule has 0 N–H and O–H groups in total. The fraction of sp³-hybridized carbons (Fsp3) is 0.478. The minimum Gasteiger partial charge on any atom is -0.368 e. The molecule has 2 aliphatic rings. The number of hydrogen-bond acceptors (Lipinski definition) is 5. The first kappa shape index (κ1) is 22.7. The Balaban J connectivity index is 1.51. The van der Waals surface area contributed by atoms with E-state index in [2.05, 4.69) is 4.98 Å². The highest BCUT2D eigenvalue weighted by Crippen LogP contribution is 2.37. The predicted molar refractivity (Wildman–Crippen MR) is 121 cm³/mol. The van der Waals surface area contributed by atoms with Crippen LogP contribution in [0.15, 0.2) is 42.6 Å². The van der Waals surface area contributed by atoms with Gasteiger partial charge in [0.2, 0.25) is 15.9 Å². The SMILES string of the molecule is CC(=O)N1CCN(c2ccc(CN3[C@@H](C)CC[C@H](c4ccccn4)S3(=O)=O)c(F)c2)CC1. The third-order valence-corrected chi connectivity index (χ3v) is 8.83. The van der Waals surface area contributed by atoms with E-state index in [1.165, 1.54) is 10.4 Å². The van der Waals surface area contributed by atoms with Crippen molar-refractivity contribution >= 4 is 21.6 Å². The Morgan fingerprint density at radius 1 is 1.12 bits per heavy atom. The van der Waals surface area contributed by atoms with E-state index < -0.39 is 21.1 Å². The van der Waals surface area contributed by atoms with Crippen molar-refractivity contribution in [1.29, 1.82) is 0 Å². The number of pyridine rings is 1. The van der Waals surface area contributed by atoms with Crippen molar-refractivity contribution < 1.29 is 17.6 Å². The molecule has 0 aliphatic carbocycles. The number of halogens is 1. The summed E-state index contributed by atoms with van der Waals surface area (Å²) in [6.45, 7) is 5.92. The first-order valence-electron chi connectivity index (χ1n) is 11.0. The average Bonchev–Trinajstić information content (AvgIpc) is 2.78. The Bertz CT molecular complexity index is 1070. The van der Waals surface area contributed by atoms with Crippen LogP contribution in [0.4, 0.5) is 10.1 Å². The molecule has 2 saturated heterocycles. The van der Waals surface area contributed by atoms with E-state index in [1.54, 1.807) is 42.3 Å². The lowest BCUT2D eigenvalue weighted by molar-refractivity contribution is -0.129. The molecule has 3 heterocycles. The molecule has 32 heavy (non-hydrogen) atoms. The van der Waals surface area contributed by atoms with Crippen LogP contribution in [0.3, 0.4) is 0 Å². The Hall–Kier alpha value is -2.52. The van der Waals surface area contributed by atoms with Gasteiger partial charge in [0.15, 0.2) is 0 Å². The second-order valence-electron chi connectivity index (χ2n) is 8.53. The normalized spacial score (nSPS) is 23.8. The van der Waals surface area contributed by atoms with Gasteiger partial charge in [0.25, 0.3) is 0 Å². The van der Waals surface area contributed by atoms with Crippen LogP contribution in [0, 0.1) is 5.82 Å². The highest BCUT2D eigenvalue weighted by molar-refractivity contribution is 7.89. The number of anilines is 1. The maximum atomic E-state index is 15.0. The fourth-order valence-corrected chi connectivity index (χ4v) is 6.65. The lowest BCUT2D eigenvalue weighted by Crippen LogP contribution is -2.48. The van der Waals surface area contributed by atoms with Gasteiger partial charge in [0.05, 0.1) is 5.69 Å². The van der Waals surface area contributed by atoms with Crippen molar-refractivity contribution in [3.05, 3.63) is 59.7 Å². The summed E-state index contributed by atoms with van der Waals surface area (Å²) in [6, 6.07) is 10.0. The van der Waals surface area contributed by atoms with Crippen LogP contribution in [-0.2, 0) is 21.4 Å². The number of hydrogen-bond donors (Lipinski definition) is 0. The zero-order valence-electron chi connectivity index (χ0n) is 18.4. The van der Waals surface area contributed by atoms with E-state index in [1.807, 2.05) is 17.9 Å². The van der Waals surface area contributed by atoms with E-state index >= 15 is 4.39 Å². The zero-order valence-corrected chi connectivity index (χ0v) is 19.3. The third-order valence-electron chi connectivity index (χ3n) is 6.50. The van der Waals surface area contributed by atoms with Crippen molar-refractivity contribution in [2.45, 2.75) is 44.5 Å². The van der Waals surface area contributed by atoms with Crippen LogP contribution in [0.5, 0.6) is 0 Å². The number of sulfonamides is 1. The molecular weight excluding hydrogens is 431 g/mol. The Morgan fingerprint density at radius 3 is 2.50 bits per heavy atom. The molecule has 0 spiro atoms. The second kappa shape index (κ2) is 9.15. The number of rotatable bonds is 4. The number of nitrogens with zero attached hydrogens (tertiary/aromatic N) is 4. The standard InChI is InChI=1S/C23H29FN4O3S/c1-17-6-9-23(22-5-3-4-10-25-22)32(30,31)28(17)16-19-7-8-20(15-21(19)24)27-13-11-26(12-14-27)18(2)29/h3-5,7-8,10,15,17,23H,6,9,11-14,16H2,1-2H3/t17-,23+/m0/s1. The van der Waals surface area contributed by atoms with Crippen molar-refractivity contribution in [2.24, 2.45) is 0 Å². The van der Waals surface area contributed by atoms with Gasteiger partial charge in [-0.2, -0.15) is 4.31 Å². The van der Waals surface area contributed by atoms with Crippen LogP contribution in [-0.4, -0.2) is 60.7 Å². The number of carbonyl (C=O) groups excluding carboxylic acids is 1. The summed E-state index contributed by atoms with van der Waals surface area (Å²) in [5.41, 5.74) is 1.63. The quantitative estimate of drug-likeness (QED) is 0.702. The summed E-state index contributed by atoms with van der Waals surface area (Å²) in [4.78, 5) is 19.6. The van der Waals surface area contributed by atoms with Gasteiger partial charge in [-0.3, -0.25) is 9.78 Å². The molecule has 4 rings (SSSR count). The van der Waals surface area contributed by atoms with E-state index in [0.29, 0.717) is 50.3 Å². The minimum atomic E-state index is -3.67. The van der Waals surface area contributed by atoms with Crippen molar-refractivity contribution in [2.75, 3.05) is 31.1 Å². The molecular formula is C23H29FN4O3S. The van der Waals surface area contributed by atoms with E-state index in [4.69, 9.17) is 0 Å². The molecule has 1 aromatic heterocycles. The van der Waals surface area contributed by atoms with Crippen LogP contribution in [0.1, 0.15) is 43.2 Å². The number of carbonyl (C=O) groups is 1. The largest absolute Gasteiger partial charge is 0.368 e. The summed E-state index contributed by atoms with van der Waals surface area (Å²) >= 11 is 0. The predicted octanol–water partition coefficient (Wildman–Crippen LogP) is 2.94. The van der Waals surface area contributed by atoms with Crippen LogP contribution in [0.2, 0.25) is 0 Å². The van der Waals surface area contributed by atoms with Gasteiger partial charge >= 0.3 is 0 Å².